The third-order valence-electron chi connectivity index (χ3n) is 10.8. The van der Waals surface area contributed by atoms with Gasteiger partial charge in [-0.3, -0.25) is 19.9 Å². The molecule has 0 radical (unpaired) electrons. The number of hydrogen-bond acceptors (Lipinski definition) is 12. The van der Waals surface area contributed by atoms with Crippen molar-refractivity contribution in [2.75, 3.05) is 36.4 Å². The average molecular weight is 740 g/mol. The van der Waals surface area contributed by atoms with Crippen LogP contribution >= 0.6 is 0 Å². The Labute approximate surface area is 317 Å². The predicted octanol–water partition coefficient (Wildman–Crippen LogP) is 4.86. The highest BCUT2D eigenvalue weighted by molar-refractivity contribution is 6.05. The number of ether oxygens (including phenoxy) is 1. The number of carbonyl (C=O) groups excluding carboxylic acids is 2. The molecule has 4 aromatic heterocycles. The van der Waals surface area contributed by atoms with Gasteiger partial charge in [-0.05, 0) is 88.2 Å². The minimum Gasteiger partial charge on any atom is -0.489 e. The standard InChI is InChI=1S/C39H41N13O3/c1-25(18-40)45-33-17-36(52-38-29(21-44-52)16-27(19-41)20-43-38)42-22-35(33)51-24-34(47-48-51)28-4-2-26(3-5-28)10-13-49-14-11-32(23-49)55-31-8-6-30(7-9-31)50-15-12-37(53)46-39(50)54/h6-9,16-17,20-22,24-26,28,32H,2-5,10-15,23H2,1H3,(H,42,45)(H,46,53,54)/t25-,26?,28?,32-/m1/s1. The Morgan fingerprint density at radius 3 is 2.64 bits per heavy atom. The van der Waals surface area contributed by atoms with E-state index < -0.39 is 6.04 Å². The van der Waals surface area contributed by atoms with Gasteiger partial charge in [-0.1, -0.05) is 5.21 Å². The third-order valence-corrected chi connectivity index (χ3v) is 10.8. The number of nitrogens with one attached hydrogen (secondary N) is 2. The molecule has 3 amide bonds. The maximum atomic E-state index is 12.2. The summed E-state index contributed by atoms with van der Waals surface area (Å²) >= 11 is 0. The van der Waals surface area contributed by atoms with Gasteiger partial charge < -0.3 is 10.1 Å². The minimum atomic E-state index is -0.471. The van der Waals surface area contributed by atoms with Gasteiger partial charge in [0.15, 0.2) is 11.5 Å². The van der Waals surface area contributed by atoms with Crippen molar-refractivity contribution in [3.8, 4) is 29.4 Å². The Balaban J connectivity index is 0.836. The summed E-state index contributed by atoms with van der Waals surface area (Å²) in [5.74, 6) is 2.05. The molecule has 1 saturated carbocycles. The first-order valence-corrected chi connectivity index (χ1v) is 18.8. The van der Waals surface area contributed by atoms with Gasteiger partial charge in [0.05, 0.1) is 41.6 Å². The molecule has 0 spiro atoms. The topological polar surface area (TPSA) is 196 Å². The highest BCUT2D eigenvalue weighted by Gasteiger charge is 2.29. The average Bonchev–Trinajstić information content (AvgIpc) is 3.98. The number of imide groups is 1. The molecule has 1 aromatic carbocycles. The van der Waals surface area contributed by atoms with Crippen LogP contribution in [0.4, 0.5) is 16.2 Å². The second-order valence-electron chi connectivity index (χ2n) is 14.5. The van der Waals surface area contributed by atoms with Gasteiger partial charge in [-0.15, -0.1) is 5.10 Å². The Morgan fingerprint density at radius 1 is 1.02 bits per heavy atom. The van der Waals surface area contributed by atoms with Crippen molar-refractivity contribution in [2.24, 2.45) is 5.92 Å². The molecule has 2 atom stereocenters. The molecule has 1 aliphatic carbocycles. The van der Waals surface area contributed by atoms with Crippen LogP contribution in [-0.4, -0.2) is 89.9 Å². The van der Waals surface area contributed by atoms with Gasteiger partial charge in [0.1, 0.15) is 29.7 Å². The molecule has 3 aliphatic rings. The number of benzene rings is 1. The lowest BCUT2D eigenvalue weighted by atomic mass is 9.79. The van der Waals surface area contributed by atoms with Gasteiger partial charge >= 0.3 is 6.03 Å². The summed E-state index contributed by atoms with van der Waals surface area (Å²) in [5.41, 5.74) is 4.06. The zero-order chi connectivity index (χ0) is 37.9. The van der Waals surface area contributed by atoms with E-state index in [0.29, 0.717) is 53.2 Å². The molecule has 55 heavy (non-hydrogen) atoms. The molecule has 0 bridgehead atoms. The van der Waals surface area contributed by atoms with Crippen molar-refractivity contribution in [2.45, 2.75) is 69.9 Å². The number of urea groups is 1. The van der Waals surface area contributed by atoms with Gasteiger partial charge in [0.25, 0.3) is 0 Å². The number of nitrogens with zero attached hydrogens (tertiary/aromatic N) is 11. The van der Waals surface area contributed by atoms with Crippen LogP contribution in [0.5, 0.6) is 5.75 Å². The van der Waals surface area contributed by atoms with E-state index in [1.54, 1.807) is 39.6 Å². The van der Waals surface area contributed by atoms with E-state index in [4.69, 9.17) is 4.74 Å². The van der Waals surface area contributed by atoms with Crippen LogP contribution < -0.4 is 20.3 Å². The fourth-order valence-corrected chi connectivity index (χ4v) is 7.76. The van der Waals surface area contributed by atoms with E-state index in [-0.39, 0.29) is 18.0 Å². The second kappa shape index (κ2) is 15.5. The molecule has 2 N–H and O–H groups in total. The molecule has 8 rings (SSSR count). The first kappa shape index (κ1) is 35.6. The van der Waals surface area contributed by atoms with Crippen molar-refractivity contribution in [3.05, 3.63) is 72.4 Å². The van der Waals surface area contributed by atoms with Crippen molar-refractivity contribution in [3.63, 3.8) is 0 Å². The van der Waals surface area contributed by atoms with E-state index in [2.05, 4.69) is 53.1 Å². The number of amides is 3. The number of aromatic nitrogens is 7. The molecular weight excluding hydrogens is 699 g/mol. The number of anilines is 2. The predicted molar refractivity (Wildman–Crippen MR) is 202 cm³/mol. The van der Waals surface area contributed by atoms with Crippen molar-refractivity contribution >= 4 is 34.3 Å². The lowest BCUT2D eigenvalue weighted by molar-refractivity contribution is -0.120. The van der Waals surface area contributed by atoms with E-state index in [1.165, 1.54) is 6.20 Å². The van der Waals surface area contributed by atoms with E-state index >= 15 is 0 Å². The lowest BCUT2D eigenvalue weighted by Gasteiger charge is -2.28. The number of fused-ring (bicyclic) bond motifs is 1. The summed E-state index contributed by atoms with van der Waals surface area (Å²) in [6, 6.07) is 14.5. The Bertz CT molecular complexity index is 2280. The normalized spacial score (nSPS) is 20.9. The summed E-state index contributed by atoms with van der Waals surface area (Å²) in [6.07, 6.45) is 13.8. The largest absolute Gasteiger partial charge is 0.489 e. The maximum Gasteiger partial charge on any atom is 0.328 e. The lowest BCUT2D eigenvalue weighted by Crippen LogP contribution is -2.49. The van der Waals surface area contributed by atoms with Crippen molar-refractivity contribution in [1.29, 1.82) is 10.5 Å². The molecular formula is C39H41N13O3. The second-order valence-corrected chi connectivity index (χ2v) is 14.5. The van der Waals surface area contributed by atoms with Crippen LogP contribution in [0, 0.1) is 28.6 Å². The molecule has 0 unspecified atom stereocenters. The first-order valence-electron chi connectivity index (χ1n) is 18.8. The minimum absolute atomic E-state index is 0.131. The molecule has 6 heterocycles. The number of likely N-dealkylation sites (tertiary alicyclic amines) is 1. The molecule has 16 nitrogen and oxygen atoms in total. The molecule has 2 saturated heterocycles. The summed E-state index contributed by atoms with van der Waals surface area (Å²) in [5, 5.41) is 38.7. The van der Waals surface area contributed by atoms with Crippen LogP contribution in [0.2, 0.25) is 0 Å². The third kappa shape index (κ3) is 7.81. The SMILES string of the molecule is C[C@H](C#N)Nc1cc(-n2ncc3cc(C#N)cnc32)ncc1-n1cc(C2CCC(CCN3CC[C@@H](Oc4ccc(N5CCC(=O)NC5=O)cc4)C3)CC2)nn1. The summed E-state index contributed by atoms with van der Waals surface area (Å²) in [7, 11) is 0. The fourth-order valence-electron chi connectivity index (χ4n) is 7.76. The Morgan fingerprint density at radius 2 is 1.85 bits per heavy atom. The number of hydrogen-bond donors (Lipinski definition) is 2. The van der Waals surface area contributed by atoms with Crippen LogP contribution in [0.15, 0.2) is 61.2 Å². The first-order chi connectivity index (χ1) is 26.8. The van der Waals surface area contributed by atoms with Gasteiger partial charge in [0, 0.05) is 55.3 Å². The summed E-state index contributed by atoms with van der Waals surface area (Å²) in [4.78, 5) is 36.8. The molecule has 5 aromatic rings. The van der Waals surface area contributed by atoms with Gasteiger partial charge in [-0.25, -0.2) is 19.4 Å². The van der Waals surface area contributed by atoms with E-state index in [0.717, 1.165) is 80.7 Å². The Hall–Kier alpha value is -6.39. The molecule has 280 valence electrons. The van der Waals surface area contributed by atoms with Crippen LogP contribution in [0.1, 0.15) is 69.0 Å². The van der Waals surface area contributed by atoms with Gasteiger partial charge in [0.2, 0.25) is 5.91 Å². The fraction of sp³-hybridized carbons (Fsp3) is 0.410. The highest BCUT2D eigenvalue weighted by Crippen LogP contribution is 2.37. The van der Waals surface area contributed by atoms with E-state index in [9.17, 15) is 20.1 Å². The molecule has 16 heteroatoms. The highest BCUT2D eigenvalue weighted by atomic mass is 16.5. The zero-order valence-corrected chi connectivity index (χ0v) is 30.5. The maximum absolute atomic E-state index is 12.2. The summed E-state index contributed by atoms with van der Waals surface area (Å²) < 4.78 is 9.62. The smallest absolute Gasteiger partial charge is 0.328 e. The van der Waals surface area contributed by atoms with Crippen molar-refractivity contribution < 1.29 is 14.3 Å². The quantitative estimate of drug-likeness (QED) is 0.187. The number of carbonyl (C=O) groups is 2. The number of nitriles is 2. The molecule has 2 aliphatic heterocycles. The van der Waals surface area contributed by atoms with E-state index in [1.807, 2.05) is 36.5 Å². The zero-order valence-electron chi connectivity index (χ0n) is 30.5. The number of pyridine rings is 2. The van der Waals surface area contributed by atoms with Crippen LogP contribution in [0.25, 0.3) is 22.5 Å². The summed E-state index contributed by atoms with van der Waals surface area (Å²) in [6.45, 7) is 5.13. The Kier molecular flexibility index (Phi) is 10.1. The molecule has 3 fully saturated rings. The monoisotopic (exact) mass is 739 g/mol. The van der Waals surface area contributed by atoms with Crippen molar-refractivity contribution in [1.82, 2.24) is 45.0 Å². The number of rotatable bonds is 11. The van der Waals surface area contributed by atoms with Gasteiger partial charge in [-0.2, -0.15) is 20.3 Å². The van der Waals surface area contributed by atoms with Crippen LogP contribution in [0.3, 0.4) is 0 Å². The van der Waals surface area contributed by atoms with Crippen LogP contribution in [-0.2, 0) is 4.79 Å².